The van der Waals surface area contributed by atoms with Gasteiger partial charge in [-0.05, 0) is 25.2 Å². The number of hydrogen-bond donors (Lipinski definition) is 0. The predicted octanol–water partition coefficient (Wildman–Crippen LogP) is 5.47. The molecular formula is C20H36O3. The molecular weight excluding hydrogens is 288 g/mol. The lowest BCUT2D eigenvalue weighted by Gasteiger charge is -2.36. The Hall–Kier alpha value is -0.640. The summed E-state index contributed by atoms with van der Waals surface area (Å²) in [5.41, 5.74) is 0. The summed E-state index contributed by atoms with van der Waals surface area (Å²) in [6, 6.07) is 0. The number of unbranched alkanes of at least 4 members (excludes halogenated alkanes) is 4. The molecule has 1 rings (SSSR count). The number of allylic oxidation sites excluding steroid dienone is 4. The minimum absolute atomic E-state index is 0.276. The molecule has 0 saturated heterocycles. The number of ether oxygens (including phenoxy) is 3. The number of methoxy groups -OCH3 is 3. The van der Waals surface area contributed by atoms with Crippen molar-refractivity contribution in [2.45, 2.75) is 70.7 Å². The summed E-state index contributed by atoms with van der Waals surface area (Å²) in [6.45, 7) is 2.25. The second-order valence-electron chi connectivity index (χ2n) is 6.48. The van der Waals surface area contributed by atoms with Gasteiger partial charge in [0.1, 0.15) is 0 Å². The van der Waals surface area contributed by atoms with Crippen LogP contribution in [0.2, 0.25) is 0 Å². The molecule has 0 radical (unpaired) electrons. The third kappa shape index (κ3) is 6.78. The van der Waals surface area contributed by atoms with Gasteiger partial charge < -0.3 is 14.2 Å². The molecule has 3 nitrogen and oxygen atoms in total. The highest BCUT2D eigenvalue weighted by atomic mass is 16.9. The van der Waals surface area contributed by atoms with Crippen LogP contribution in [0.1, 0.15) is 64.7 Å². The first-order chi connectivity index (χ1) is 11.2. The predicted molar refractivity (Wildman–Crippen MR) is 96.2 cm³/mol. The quantitative estimate of drug-likeness (QED) is 0.313. The fourth-order valence-corrected chi connectivity index (χ4v) is 3.51. The molecule has 0 N–H and O–H groups in total. The van der Waals surface area contributed by atoms with Crippen LogP contribution in [0, 0.1) is 11.8 Å². The van der Waals surface area contributed by atoms with Crippen molar-refractivity contribution in [2.75, 3.05) is 21.3 Å². The van der Waals surface area contributed by atoms with Gasteiger partial charge in [-0.25, -0.2) is 0 Å². The Balaban J connectivity index is 2.48. The smallest absolute Gasteiger partial charge is 0.285 e. The first kappa shape index (κ1) is 20.4. The molecule has 0 fully saturated rings. The second-order valence-corrected chi connectivity index (χ2v) is 6.48. The summed E-state index contributed by atoms with van der Waals surface area (Å²) in [7, 11) is 5.04. The van der Waals surface area contributed by atoms with Crippen LogP contribution >= 0.6 is 0 Å². The highest BCUT2D eigenvalue weighted by Gasteiger charge is 2.39. The number of rotatable bonds is 14. The summed E-state index contributed by atoms with van der Waals surface area (Å²) in [6.07, 6.45) is 19.8. The summed E-state index contributed by atoms with van der Waals surface area (Å²) < 4.78 is 16.9. The number of hydrogen-bond acceptors (Lipinski definition) is 3. The van der Waals surface area contributed by atoms with Crippen molar-refractivity contribution in [1.82, 2.24) is 0 Å². The van der Waals surface area contributed by atoms with Crippen LogP contribution in [0.15, 0.2) is 24.3 Å². The zero-order valence-corrected chi connectivity index (χ0v) is 15.6. The minimum atomic E-state index is -0.897. The lowest BCUT2D eigenvalue weighted by molar-refractivity contribution is -0.380. The highest BCUT2D eigenvalue weighted by Crippen LogP contribution is 2.33. The molecule has 1 atom stereocenters. The van der Waals surface area contributed by atoms with Crippen LogP contribution in [0.5, 0.6) is 0 Å². The van der Waals surface area contributed by atoms with Crippen molar-refractivity contribution in [2.24, 2.45) is 11.8 Å². The van der Waals surface area contributed by atoms with Crippen molar-refractivity contribution < 1.29 is 14.2 Å². The Labute approximate surface area is 143 Å². The molecule has 0 saturated carbocycles. The molecule has 0 aromatic carbocycles. The molecule has 0 aromatic heterocycles. The molecule has 23 heavy (non-hydrogen) atoms. The average Bonchev–Trinajstić information content (AvgIpc) is 3.09. The molecule has 1 aliphatic rings. The molecule has 0 amide bonds. The van der Waals surface area contributed by atoms with Gasteiger partial charge in [-0.3, -0.25) is 0 Å². The van der Waals surface area contributed by atoms with Crippen LogP contribution in [-0.2, 0) is 14.2 Å². The van der Waals surface area contributed by atoms with E-state index in [4.69, 9.17) is 14.2 Å². The molecule has 0 aliphatic heterocycles. The van der Waals surface area contributed by atoms with Gasteiger partial charge >= 0.3 is 0 Å². The van der Waals surface area contributed by atoms with E-state index in [2.05, 4.69) is 31.2 Å². The second kappa shape index (κ2) is 11.8. The van der Waals surface area contributed by atoms with E-state index in [0.717, 1.165) is 19.3 Å². The Morgan fingerprint density at radius 3 is 1.96 bits per heavy atom. The van der Waals surface area contributed by atoms with E-state index >= 15 is 0 Å². The maximum Gasteiger partial charge on any atom is 0.285 e. The van der Waals surface area contributed by atoms with Crippen molar-refractivity contribution in [1.29, 1.82) is 0 Å². The van der Waals surface area contributed by atoms with Crippen molar-refractivity contribution >= 4 is 0 Å². The van der Waals surface area contributed by atoms with Gasteiger partial charge in [-0.15, -0.1) is 0 Å². The van der Waals surface area contributed by atoms with Gasteiger partial charge in [-0.2, -0.15) is 0 Å². The van der Waals surface area contributed by atoms with Crippen LogP contribution in [-0.4, -0.2) is 27.3 Å². The van der Waals surface area contributed by atoms with Gasteiger partial charge in [0.25, 0.3) is 5.97 Å². The third-order valence-electron chi connectivity index (χ3n) is 4.93. The van der Waals surface area contributed by atoms with E-state index in [1.54, 1.807) is 21.3 Å². The molecule has 0 aromatic rings. The molecule has 3 heteroatoms. The molecule has 134 valence electrons. The third-order valence-corrected chi connectivity index (χ3v) is 4.93. The van der Waals surface area contributed by atoms with Crippen molar-refractivity contribution in [3.05, 3.63) is 24.3 Å². The molecule has 0 bridgehead atoms. The zero-order chi connectivity index (χ0) is 17.0. The van der Waals surface area contributed by atoms with Crippen LogP contribution in [0.25, 0.3) is 0 Å². The van der Waals surface area contributed by atoms with Gasteiger partial charge in [0, 0.05) is 27.2 Å². The van der Waals surface area contributed by atoms with E-state index in [1.807, 2.05) is 0 Å². The van der Waals surface area contributed by atoms with Crippen LogP contribution in [0.3, 0.4) is 0 Å². The maximum atomic E-state index is 5.63. The molecule has 0 heterocycles. The van der Waals surface area contributed by atoms with Crippen molar-refractivity contribution in [3.63, 3.8) is 0 Å². The fourth-order valence-electron chi connectivity index (χ4n) is 3.51. The summed E-state index contributed by atoms with van der Waals surface area (Å²) in [4.78, 5) is 0. The fraction of sp³-hybridized carbons (Fsp3) is 0.800. The van der Waals surface area contributed by atoms with Gasteiger partial charge in [0.2, 0.25) is 0 Å². The van der Waals surface area contributed by atoms with E-state index in [9.17, 15) is 0 Å². The lowest BCUT2D eigenvalue weighted by Crippen LogP contribution is -2.44. The SMILES string of the molecule is CCCCCCCC(CCCC1C=CC=C1)C(OC)(OC)OC. The van der Waals surface area contributed by atoms with E-state index in [-0.39, 0.29) is 5.92 Å². The molecule has 1 unspecified atom stereocenters. The average molecular weight is 325 g/mol. The Kier molecular flexibility index (Phi) is 10.5. The Morgan fingerprint density at radius 2 is 1.39 bits per heavy atom. The largest absolute Gasteiger partial charge is 0.331 e. The lowest BCUT2D eigenvalue weighted by atomic mass is 9.90. The Morgan fingerprint density at radius 1 is 0.826 bits per heavy atom. The summed E-state index contributed by atoms with van der Waals surface area (Å²) in [5.74, 6) is -0.0210. The first-order valence-corrected chi connectivity index (χ1v) is 9.22. The van der Waals surface area contributed by atoms with Gasteiger partial charge in [-0.1, -0.05) is 69.8 Å². The van der Waals surface area contributed by atoms with E-state index in [0.29, 0.717) is 5.92 Å². The first-order valence-electron chi connectivity index (χ1n) is 9.22. The molecule has 1 aliphatic carbocycles. The summed E-state index contributed by atoms with van der Waals surface area (Å²) in [5, 5.41) is 0. The standard InChI is InChI=1S/C20H36O3/c1-5-6-7-8-9-16-19(20(21-2,22-3)23-4)17-12-15-18-13-10-11-14-18/h10-11,13-14,18-19H,5-9,12,15-17H2,1-4H3. The van der Waals surface area contributed by atoms with Crippen molar-refractivity contribution in [3.8, 4) is 0 Å². The van der Waals surface area contributed by atoms with E-state index in [1.165, 1.54) is 38.5 Å². The topological polar surface area (TPSA) is 27.7 Å². The summed E-state index contributed by atoms with van der Waals surface area (Å²) >= 11 is 0. The minimum Gasteiger partial charge on any atom is -0.331 e. The zero-order valence-electron chi connectivity index (χ0n) is 15.6. The van der Waals surface area contributed by atoms with Crippen LogP contribution in [0.4, 0.5) is 0 Å². The Bertz CT molecular complexity index is 325. The van der Waals surface area contributed by atoms with Gasteiger partial charge in [0.15, 0.2) is 0 Å². The molecule has 0 spiro atoms. The monoisotopic (exact) mass is 324 g/mol. The van der Waals surface area contributed by atoms with E-state index < -0.39 is 5.97 Å². The normalized spacial score (nSPS) is 16.3. The van der Waals surface area contributed by atoms with Crippen LogP contribution < -0.4 is 0 Å². The van der Waals surface area contributed by atoms with Gasteiger partial charge in [0.05, 0.1) is 0 Å². The maximum absolute atomic E-state index is 5.63. The highest BCUT2D eigenvalue weighted by molar-refractivity contribution is 5.17.